The molecular weight excluding hydrogens is 273 g/mol. The number of carbonyl (C=O) groups excluding carboxylic acids is 1. The van der Waals surface area contributed by atoms with Crippen molar-refractivity contribution < 1.29 is 22.7 Å². The van der Waals surface area contributed by atoms with Crippen LogP contribution < -0.4 is 10.5 Å². The van der Waals surface area contributed by atoms with Crippen LogP contribution in [0.4, 0.5) is 18.9 Å². The lowest BCUT2D eigenvalue weighted by Gasteiger charge is -2.24. The lowest BCUT2D eigenvalue weighted by atomic mass is 10.1. The van der Waals surface area contributed by atoms with Crippen molar-refractivity contribution in [1.82, 2.24) is 4.90 Å². The van der Waals surface area contributed by atoms with Gasteiger partial charge in [0.1, 0.15) is 12.3 Å². The third kappa shape index (κ3) is 4.32. The normalized spacial score (nSPS) is 11.2. The molecule has 0 bridgehead atoms. The second kappa shape index (κ2) is 6.49. The number of nitrogens with two attached hydrogens (primary N) is 1. The Kier molecular flexibility index (Phi) is 5.24. The molecule has 2 N–H and O–H groups in total. The van der Waals surface area contributed by atoms with E-state index in [1.807, 2.05) is 0 Å². The van der Waals surface area contributed by atoms with E-state index in [1.54, 1.807) is 13.0 Å². The van der Waals surface area contributed by atoms with Gasteiger partial charge in [-0.2, -0.15) is 13.2 Å². The molecule has 112 valence electrons. The minimum absolute atomic E-state index is 0.00892. The summed E-state index contributed by atoms with van der Waals surface area (Å²) in [7, 11) is 1.40. The summed E-state index contributed by atoms with van der Waals surface area (Å²) in [6.45, 7) is 0.414. The highest BCUT2D eigenvalue weighted by Gasteiger charge is 2.33. The number of amides is 1. The molecule has 0 fully saturated rings. The highest BCUT2D eigenvalue weighted by molar-refractivity contribution is 5.99. The van der Waals surface area contributed by atoms with Crippen LogP contribution in [0.2, 0.25) is 0 Å². The number of nitrogens with zero attached hydrogens (tertiary/aromatic N) is 1. The lowest BCUT2D eigenvalue weighted by molar-refractivity contribution is -0.140. The molecule has 20 heavy (non-hydrogen) atoms. The van der Waals surface area contributed by atoms with Crippen molar-refractivity contribution in [3.63, 3.8) is 0 Å². The predicted molar refractivity (Wildman–Crippen MR) is 69.7 cm³/mol. The fraction of sp³-hybridized carbons (Fsp3) is 0.462. The van der Waals surface area contributed by atoms with Gasteiger partial charge in [-0.25, -0.2) is 0 Å². The van der Waals surface area contributed by atoms with Crippen molar-refractivity contribution in [3.8, 4) is 5.75 Å². The van der Waals surface area contributed by atoms with Crippen LogP contribution >= 0.6 is 0 Å². The largest absolute Gasteiger partial charge is 0.497 e. The maximum Gasteiger partial charge on any atom is 0.406 e. The standard InChI is InChI=1S/C13H17F3N2O2/c1-3-6-18(8-13(14,15)16)12(19)10-7-9(20-2)4-5-11(10)17/h4-5,7H,3,6,8,17H2,1-2H3. The number of benzene rings is 1. The van der Waals surface area contributed by atoms with Crippen molar-refractivity contribution >= 4 is 11.6 Å². The zero-order valence-electron chi connectivity index (χ0n) is 11.3. The Balaban J connectivity index is 3.05. The van der Waals surface area contributed by atoms with Gasteiger partial charge in [0.25, 0.3) is 5.91 Å². The maximum atomic E-state index is 12.5. The van der Waals surface area contributed by atoms with Crippen LogP contribution in [0.5, 0.6) is 5.75 Å². The number of anilines is 1. The Morgan fingerprint density at radius 3 is 2.55 bits per heavy atom. The molecule has 0 saturated heterocycles. The first-order chi connectivity index (χ1) is 9.28. The number of methoxy groups -OCH3 is 1. The lowest BCUT2D eigenvalue weighted by Crippen LogP contribution is -2.39. The summed E-state index contributed by atoms with van der Waals surface area (Å²) < 4.78 is 42.5. The molecule has 1 aromatic carbocycles. The third-order valence-electron chi connectivity index (χ3n) is 2.64. The van der Waals surface area contributed by atoms with Gasteiger partial charge in [-0.05, 0) is 24.6 Å². The Hall–Kier alpha value is -1.92. The van der Waals surface area contributed by atoms with Crippen LogP contribution in [0.25, 0.3) is 0 Å². The number of carbonyl (C=O) groups is 1. The number of alkyl halides is 3. The van der Waals surface area contributed by atoms with E-state index in [1.165, 1.54) is 19.2 Å². The minimum atomic E-state index is -4.45. The first-order valence-corrected chi connectivity index (χ1v) is 6.08. The van der Waals surface area contributed by atoms with Crippen molar-refractivity contribution in [1.29, 1.82) is 0 Å². The van der Waals surface area contributed by atoms with Gasteiger partial charge in [0.2, 0.25) is 0 Å². The van der Waals surface area contributed by atoms with Gasteiger partial charge < -0.3 is 15.4 Å². The molecule has 0 radical (unpaired) electrons. The fourth-order valence-electron chi connectivity index (χ4n) is 1.76. The molecule has 1 amide bonds. The van der Waals surface area contributed by atoms with Gasteiger partial charge in [-0.15, -0.1) is 0 Å². The van der Waals surface area contributed by atoms with Crippen LogP contribution in [0.3, 0.4) is 0 Å². The fourth-order valence-corrected chi connectivity index (χ4v) is 1.76. The molecule has 0 saturated carbocycles. The minimum Gasteiger partial charge on any atom is -0.497 e. The topological polar surface area (TPSA) is 55.6 Å². The summed E-state index contributed by atoms with van der Waals surface area (Å²) in [6.07, 6.45) is -4.02. The van der Waals surface area contributed by atoms with E-state index < -0.39 is 18.6 Å². The monoisotopic (exact) mass is 290 g/mol. The molecular formula is C13H17F3N2O2. The highest BCUT2D eigenvalue weighted by atomic mass is 19.4. The first-order valence-electron chi connectivity index (χ1n) is 6.08. The van der Waals surface area contributed by atoms with Crippen LogP contribution in [0.15, 0.2) is 18.2 Å². The van der Waals surface area contributed by atoms with E-state index in [2.05, 4.69) is 0 Å². The van der Waals surface area contributed by atoms with Crippen molar-refractivity contribution in [2.45, 2.75) is 19.5 Å². The molecule has 0 aliphatic rings. The first kappa shape index (κ1) is 16.1. The third-order valence-corrected chi connectivity index (χ3v) is 2.64. The molecule has 0 aromatic heterocycles. The number of halogens is 3. The molecule has 0 atom stereocenters. The van der Waals surface area contributed by atoms with E-state index in [-0.39, 0.29) is 17.8 Å². The molecule has 4 nitrogen and oxygen atoms in total. The Morgan fingerprint density at radius 1 is 1.40 bits per heavy atom. The van der Waals surface area contributed by atoms with Gasteiger partial charge in [0.05, 0.1) is 12.7 Å². The number of nitrogen functional groups attached to an aromatic ring is 1. The zero-order valence-corrected chi connectivity index (χ0v) is 11.3. The Morgan fingerprint density at radius 2 is 2.05 bits per heavy atom. The van der Waals surface area contributed by atoms with Gasteiger partial charge in [-0.3, -0.25) is 4.79 Å². The summed E-state index contributed by atoms with van der Waals surface area (Å²) in [5.41, 5.74) is 5.80. The molecule has 0 aliphatic heterocycles. The number of rotatable bonds is 5. The van der Waals surface area contributed by atoms with E-state index in [0.717, 1.165) is 4.90 Å². The molecule has 1 aromatic rings. The van der Waals surface area contributed by atoms with Crippen molar-refractivity contribution in [2.24, 2.45) is 0 Å². The molecule has 0 unspecified atom stereocenters. The van der Waals surface area contributed by atoms with Crippen LogP contribution in [-0.4, -0.2) is 37.2 Å². The van der Waals surface area contributed by atoms with Gasteiger partial charge in [-0.1, -0.05) is 6.92 Å². The molecule has 0 spiro atoms. The van der Waals surface area contributed by atoms with Gasteiger partial charge in [0.15, 0.2) is 0 Å². The molecule has 1 rings (SSSR count). The maximum absolute atomic E-state index is 12.5. The Bertz CT molecular complexity index is 475. The quantitative estimate of drug-likeness (QED) is 0.848. The molecule has 0 aliphatic carbocycles. The highest BCUT2D eigenvalue weighted by Crippen LogP contribution is 2.23. The number of ether oxygens (including phenoxy) is 1. The Labute approximate surface area is 115 Å². The van der Waals surface area contributed by atoms with Gasteiger partial charge >= 0.3 is 6.18 Å². The van der Waals surface area contributed by atoms with Crippen LogP contribution in [0.1, 0.15) is 23.7 Å². The van der Waals surface area contributed by atoms with Gasteiger partial charge in [0, 0.05) is 12.2 Å². The average molecular weight is 290 g/mol. The van der Waals surface area contributed by atoms with E-state index in [9.17, 15) is 18.0 Å². The average Bonchev–Trinajstić information content (AvgIpc) is 2.36. The second-order valence-electron chi connectivity index (χ2n) is 4.30. The predicted octanol–water partition coefficient (Wildman–Crippen LogP) is 2.69. The summed E-state index contributed by atoms with van der Waals surface area (Å²) in [4.78, 5) is 12.9. The van der Waals surface area contributed by atoms with Crippen LogP contribution in [0, 0.1) is 0 Å². The number of hydrogen-bond acceptors (Lipinski definition) is 3. The summed E-state index contributed by atoms with van der Waals surface area (Å²) >= 11 is 0. The smallest absolute Gasteiger partial charge is 0.406 e. The van der Waals surface area contributed by atoms with Crippen molar-refractivity contribution in [3.05, 3.63) is 23.8 Å². The summed E-state index contributed by atoms with van der Waals surface area (Å²) in [6, 6.07) is 4.32. The van der Waals surface area contributed by atoms with E-state index >= 15 is 0 Å². The molecule has 0 heterocycles. The molecule has 7 heteroatoms. The van der Waals surface area contributed by atoms with E-state index in [4.69, 9.17) is 10.5 Å². The summed E-state index contributed by atoms with van der Waals surface area (Å²) in [5.74, 6) is -0.383. The van der Waals surface area contributed by atoms with Crippen molar-refractivity contribution in [2.75, 3.05) is 25.9 Å². The zero-order chi connectivity index (χ0) is 15.3. The number of hydrogen-bond donors (Lipinski definition) is 1. The SMILES string of the molecule is CCCN(CC(F)(F)F)C(=O)c1cc(OC)ccc1N. The summed E-state index contributed by atoms with van der Waals surface area (Å²) in [5, 5.41) is 0. The second-order valence-corrected chi connectivity index (χ2v) is 4.30. The van der Waals surface area contributed by atoms with E-state index in [0.29, 0.717) is 12.2 Å². The van der Waals surface area contributed by atoms with Crippen LogP contribution in [-0.2, 0) is 0 Å².